The summed E-state index contributed by atoms with van der Waals surface area (Å²) in [5.74, 6) is -1.10. The Bertz CT molecular complexity index is 1100. The summed E-state index contributed by atoms with van der Waals surface area (Å²) < 4.78 is 2.02. The SMILES string of the molecule is C=CCN1C(=O)/C(=C\c2cc(C)n(-c3ccc(NC(C)=O)cc3)c2C)C(=O)NC1=S. The lowest BCUT2D eigenvalue weighted by molar-refractivity contribution is -0.128. The summed E-state index contributed by atoms with van der Waals surface area (Å²) >= 11 is 5.08. The van der Waals surface area contributed by atoms with Gasteiger partial charge >= 0.3 is 0 Å². The van der Waals surface area contributed by atoms with Crippen molar-refractivity contribution >= 4 is 46.8 Å². The highest BCUT2D eigenvalue weighted by atomic mass is 32.1. The zero-order valence-corrected chi connectivity index (χ0v) is 17.8. The maximum Gasteiger partial charge on any atom is 0.265 e. The van der Waals surface area contributed by atoms with E-state index in [1.165, 1.54) is 11.8 Å². The van der Waals surface area contributed by atoms with E-state index in [-0.39, 0.29) is 23.1 Å². The van der Waals surface area contributed by atoms with Gasteiger partial charge in [0.05, 0.1) is 0 Å². The van der Waals surface area contributed by atoms with Crippen molar-refractivity contribution in [2.45, 2.75) is 20.8 Å². The molecule has 0 unspecified atom stereocenters. The third-order valence-electron chi connectivity index (χ3n) is 4.71. The zero-order chi connectivity index (χ0) is 22.0. The molecule has 1 aromatic carbocycles. The van der Waals surface area contributed by atoms with Crippen LogP contribution in [0.4, 0.5) is 5.69 Å². The number of hydrogen-bond acceptors (Lipinski definition) is 4. The van der Waals surface area contributed by atoms with Crippen LogP contribution in [-0.2, 0) is 14.4 Å². The average molecular weight is 423 g/mol. The molecule has 0 bridgehead atoms. The number of carbonyl (C=O) groups is 3. The van der Waals surface area contributed by atoms with Crippen molar-refractivity contribution in [2.24, 2.45) is 0 Å². The summed E-state index contributed by atoms with van der Waals surface area (Å²) in [6.07, 6.45) is 3.13. The number of rotatable bonds is 5. The molecule has 3 amide bonds. The lowest BCUT2D eigenvalue weighted by Crippen LogP contribution is -2.53. The number of aromatic nitrogens is 1. The summed E-state index contributed by atoms with van der Waals surface area (Å²) in [6, 6.07) is 9.34. The highest BCUT2D eigenvalue weighted by Crippen LogP contribution is 2.25. The summed E-state index contributed by atoms with van der Waals surface area (Å²) in [7, 11) is 0. The van der Waals surface area contributed by atoms with Crippen LogP contribution in [0.5, 0.6) is 0 Å². The predicted octanol–water partition coefficient (Wildman–Crippen LogP) is 2.87. The molecule has 3 rings (SSSR count). The molecule has 0 atom stereocenters. The van der Waals surface area contributed by atoms with E-state index in [0.717, 1.165) is 22.6 Å². The van der Waals surface area contributed by atoms with Crippen LogP contribution in [0.1, 0.15) is 23.9 Å². The molecule has 1 aromatic heterocycles. The Kier molecular flexibility index (Phi) is 5.98. The van der Waals surface area contributed by atoms with Crippen LogP contribution < -0.4 is 10.6 Å². The quantitative estimate of drug-likeness (QED) is 0.336. The Labute approximate surface area is 180 Å². The molecule has 0 radical (unpaired) electrons. The third kappa shape index (κ3) is 4.08. The second-order valence-electron chi connectivity index (χ2n) is 6.91. The maximum atomic E-state index is 12.8. The van der Waals surface area contributed by atoms with Crippen molar-refractivity contribution in [3.63, 3.8) is 0 Å². The first-order valence-electron chi connectivity index (χ1n) is 9.29. The topological polar surface area (TPSA) is 83.4 Å². The van der Waals surface area contributed by atoms with Gasteiger partial charge in [-0.15, -0.1) is 6.58 Å². The van der Waals surface area contributed by atoms with E-state index in [0.29, 0.717) is 5.69 Å². The van der Waals surface area contributed by atoms with Crippen LogP contribution in [0.3, 0.4) is 0 Å². The molecule has 1 aliphatic heterocycles. The summed E-state index contributed by atoms with van der Waals surface area (Å²) in [6.45, 7) is 9.16. The fourth-order valence-corrected chi connectivity index (χ4v) is 3.62. The Morgan fingerprint density at radius 2 is 1.90 bits per heavy atom. The smallest absolute Gasteiger partial charge is 0.265 e. The number of carbonyl (C=O) groups excluding carboxylic acids is 3. The molecule has 2 N–H and O–H groups in total. The van der Waals surface area contributed by atoms with Crippen molar-refractivity contribution < 1.29 is 14.4 Å². The molecule has 154 valence electrons. The second-order valence-corrected chi connectivity index (χ2v) is 7.30. The highest BCUT2D eigenvalue weighted by molar-refractivity contribution is 7.80. The Morgan fingerprint density at radius 3 is 2.50 bits per heavy atom. The molecular formula is C22H22N4O3S. The van der Waals surface area contributed by atoms with Gasteiger partial charge in [-0.3, -0.25) is 24.6 Å². The number of aryl methyl sites for hydroxylation is 1. The van der Waals surface area contributed by atoms with E-state index in [2.05, 4.69) is 17.2 Å². The Hall–Kier alpha value is -3.52. The Balaban J connectivity index is 1.98. The van der Waals surface area contributed by atoms with Gasteiger partial charge in [0.25, 0.3) is 11.8 Å². The first-order valence-corrected chi connectivity index (χ1v) is 9.70. The highest BCUT2D eigenvalue weighted by Gasteiger charge is 2.32. The summed E-state index contributed by atoms with van der Waals surface area (Å²) in [4.78, 5) is 37.7. The number of nitrogens with zero attached hydrogens (tertiary/aromatic N) is 2. The number of benzene rings is 1. The van der Waals surface area contributed by atoms with Gasteiger partial charge in [-0.05, 0) is 68.0 Å². The van der Waals surface area contributed by atoms with Crippen LogP contribution in [-0.4, -0.2) is 38.8 Å². The Morgan fingerprint density at radius 1 is 1.23 bits per heavy atom. The fraction of sp³-hybridized carbons (Fsp3) is 0.182. The first-order chi connectivity index (χ1) is 14.2. The van der Waals surface area contributed by atoms with E-state index < -0.39 is 11.8 Å². The van der Waals surface area contributed by atoms with E-state index in [1.54, 1.807) is 12.2 Å². The van der Waals surface area contributed by atoms with Gasteiger partial charge in [0.15, 0.2) is 5.11 Å². The molecule has 1 saturated heterocycles. The maximum absolute atomic E-state index is 12.8. The molecule has 0 aliphatic carbocycles. The molecule has 2 aromatic rings. The van der Waals surface area contributed by atoms with Crippen molar-refractivity contribution in [2.75, 3.05) is 11.9 Å². The van der Waals surface area contributed by atoms with Crippen molar-refractivity contribution in [3.05, 3.63) is 65.5 Å². The lowest BCUT2D eigenvalue weighted by Gasteiger charge is -2.27. The van der Waals surface area contributed by atoms with E-state index >= 15 is 0 Å². The van der Waals surface area contributed by atoms with Crippen LogP contribution in [0.2, 0.25) is 0 Å². The van der Waals surface area contributed by atoms with Gasteiger partial charge in [-0.25, -0.2) is 0 Å². The monoisotopic (exact) mass is 422 g/mol. The van der Waals surface area contributed by atoms with Gasteiger partial charge in [0, 0.05) is 36.2 Å². The van der Waals surface area contributed by atoms with Crippen molar-refractivity contribution in [1.29, 1.82) is 0 Å². The van der Waals surface area contributed by atoms with Gasteiger partial charge in [0.1, 0.15) is 5.57 Å². The van der Waals surface area contributed by atoms with Crippen LogP contribution in [0.15, 0.2) is 48.6 Å². The molecule has 1 aliphatic rings. The molecule has 7 nitrogen and oxygen atoms in total. The minimum atomic E-state index is -0.519. The van der Waals surface area contributed by atoms with Crippen LogP contribution in [0, 0.1) is 13.8 Å². The normalized spacial score (nSPS) is 15.4. The number of nitrogens with one attached hydrogen (secondary N) is 2. The van der Waals surface area contributed by atoms with E-state index in [9.17, 15) is 14.4 Å². The van der Waals surface area contributed by atoms with Crippen LogP contribution >= 0.6 is 12.2 Å². The number of anilines is 1. The third-order valence-corrected chi connectivity index (χ3v) is 5.04. The summed E-state index contributed by atoms with van der Waals surface area (Å²) in [5, 5.41) is 5.36. The zero-order valence-electron chi connectivity index (χ0n) is 17.0. The minimum absolute atomic E-state index is 0.0201. The minimum Gasteiger partial charge on any atom is -0.326 e. The fourth-order valence-electron chi connectivity index (χ4n) is 3.37. The van der Waals surface area contributed by atoms with E-state index in [4.69, 9.17) is 12.2 Å². The number of amides is 3. The molecule has 30 heavy (non-hydrogen) atoms. The van der Waals surface area contributed by atoms with Crippen molar-refractivity contribution in [1.82, 2.24) is 14.8 Å². The molecule has 8 heteroatoms. The molecular weight excluding hydrogens is 400 g/mol. The molecule has 1 fully saturated rings. The number of hydrogen-bond donors (Lipinski definition) is 2. The van der Waals surface area contributed by atoms with Crippen molar-refractivity contribution in [3.8, 4) is 5.69 Å². The summed E-state index contributed by atoms with van der Waals surface area (Å²) in [5.41, 5.74) is 4.19. The first kappa shape index (κ1) is 21.2. The molecule has 0 saturated carbocycles. The predicted molar refractivity (Wildman–Crippen MR) is 120 cm³/mol. The van der Waals surface area contributed by atoms with Crippen LogP contribution in [0.25, 0.3) is 11.8 Å². The van der Waals surface area contributed by atoms with Gasteiger partial charge < -0.3 is 9.88 Å². The molecule has 2 heterocycles. The largest absolute Gasteiger partial charge is 0.326 e. The molecule has 0 spiro atoms. The number of thiocarbonyl (C=S) groups is 1. The van der Waals surface area contributed by atoms with Gasteiger partial charge in [-0.2, -0.15) is 0 Å². The lowest BCUT2D eigenvalue weighted by atomic mass is 10.1. The standard InChI is InChI=1S/C22H22N4O3S/c1-5-10-25-21(29)19(20(28)24-22(25)30)12-16-11-13(2)26(14(16)3)18-8-6-17(7-9-18)23-15(4)27/h5-9,11-12H,1,10H2,2-4H3,(H,23,27)(H,24,28,30)/b19-12-. The van der Waals surface area contributed by atoms with Gasteiger partial charge in [-0.1, -0.05) is 6.08 Å². The van der Waals surface area contributed by atoms with Gasteiger partial charge in [0.2, 0.25) is 5.91 Å². The average Bonchev–Trinajstić information content (AvgIpc) is 2.96. The van der Waals surface area contributed by atoms with E-state index in [1.807, 2.05) is 48.7 Å². The second kappa shape index (κ2) is 8.46.